The first-order valence-corrected chi connectivity index (χ1v) is 6.96. The van der Waals surface area contributed by atoms with Crippen molar-refractivity contribution in [3.8, 4) is 5.75 Å². The minimum absolute atomic E-state index is 0.724. The smallest absolute Gasteiger partial charge is 0.119 e. The van der Waals surface area contributed by atoms with Crippen molar-refractivity contribution in [2.24, 2.45) is 0 Å². The average Bonchev–Trinajstić information content (AvgIpc) is 2.22. The Morgan fingerprint density at radius 2 is 1.94 bits per heavy atom. The maximum atomic E-state index is 5.71. The molecule has 0 aromatic heterocycles. The molecule has 0 aliphatic carbocycles. The molecule has 16 heavy (non-hydrogen) atoms. The van der Waals surface area contributed by atoms with Crippen LogP contribution in [0, 0.1) is 13.8 Å². The summed E-state index contributed by atoms with van der Waals surface area (Å²) in [6.45, 7) is 9.53. The normalized spacial score (nSPS) is 10.8. The predicted octanol–water partition coefficient (Wildman–Crippen LogP) is 4.21. The van der Waals surface area contributed by atoms with Gasteiger partial charge in [0.2, 0.25) is 0 Å². The van der Waals surface area contributed by atoms with Gasteiger partial charge < -0.3 is 4.74 Å². The van der Waals surface area contributed by atoms with Crippen molar-refractivity contribution in [1.82, 2.24) is 0 Å². The molecule has 1 rings (SSSR count). The van der Waals surface area contributed by atoms with Crippen LogP contribution in [0.4, 0.5) is 0 Å². The molecule has 2 heteroatoms. The molecule has 1 aromatic carbocycles. The Morgan fingerprint density at radius 3 is 2.56 bits per heavy atom. The third-order valence-corrected chi connectivity index (χ3v) is 3.68. The van der Waals surface area contributed by atoms with E-state index in [9.17, 15) is 0 Å². The molecule has 0 saturated heterocycles. The van der Waals surface area contributed by atoms with Crippen LogP contribution in [0.15, 0.2) is 18.2 Å². The maximum Gasteiger partial charge on any atom is 0.119 e. The number of ether oxygens (including phenoxy) is 1. The third-order valence-electron chi connectivity index (χ3n) is 2.49. The van der Waals surface area contributed by atoms with Gasteiger partial charge in [0.25, 0.3) is 0 Å². The van der Waals surface area contributed by atoms with E-state index in [-0.39, 0.29) is 0 Å². The molecule has 90 valence electrons. The Bertz CT molecular complexity index is 321. The van der Waals surface area contributed by atoms with E-state index < -0.39 is 0 Å². The van der Waals surface area contributed by atoms with Gasteiger partial charge in [-0.05, 0) is 54.5 Å². The van der Waals surface area contributed by atoms with Gasteiger partial charge in [-0.3, -0.25) is 0 Å². The summed E-state index contributed by atoms with van der Waals surface area (Å²) in [5.74, 6) is 2.18. The molecule has 0 fully saturated rings. The van der Waals surface area contributed by atoms with Crippen LogP contribution in [0.25, 0.3) is 0 Å². The van der Waals surface area contributed by atoms with E-state index in [2.05, 4.69) is 45.9 Å². The number of aryl methyl sites for hydroxylation is 2. The van der Waals surface area contributed by atoms with Crippen LogP contribution in [0.2, 0.25) is 0 Å². The molecule has 0 N–H and O–H groups in total. The molecule has 0 aliphatic heterocycles. The van der Waals surface area contributed by atoms with E-state index in [4.69, 9.17) is 4.74 Å². The topological polar surface area (TPSA) is 9.23 Å². The van der Waals surface area contributed by atoms with E-state index in [0.29, 0.717) is 0 Å². The van der Waals surface area contributed by atoms with Crippen LogP contribution >= 0.6 is 11.8 Å². The van der Waals surface area contributed by atoms with Crippen LogP contribution in [0.1, 0.15) is 31.4 Å². The number of rotatable bonds is 6. The second kappa shape index (κ2) is 6.85. The van der Waals surface area contributed by atoms with Gasteiger partial charge in [-0.2, -0.15) is 11.8 Å². The summed E-state index contributed by atoms with van der Waals surface area (Å²) in [6, 6.07) is 6.29. The lowest BCUT2D eigenvalue weighted by Crippen LogP contribution is -2.00. The standard InChI is InChI=1S/C14H22OS/c1-11(2)16-9-5-8-15-14-7-6-12(3)13(4)10-14/h6-7,10-11H,5,8-9H2,1-4H3. The van der Waals surface area contributed by atoms with E-state index in [1.165, 1.54) is 16.9 Å². The Labute approximate surface area is 104 Å². The van der Waals surface area contributed by atoms with E-state index in [1.807, 2.05) is 11.8 Å². The Balaban J connectivity index is 2.24. The van der Waals surface area contributed by atoms with Crippen molar-refractivity contribution >= 4 is 11.8 Å². The van der Waals surface area contributed by atoms with Crippen LogP contribution in [-0.4, -0.2) is 17.6 Å². The highest BCUT2D eigenvalue weighted by Gasteiger charge is 1.98. The van der Waals surface area contributed by atoms with Gasteiger partial charge in [0.1, 0.15) is 5.75 Å². The molecule has 1 aromatic rings. The fourth-order valence-corrected chi connectivity index (χ4v) is 2.13. The molecule has 0 aliphatic rings. The van der Waals surface area contributed by atoms with Gasteiger partial charge in [-0.25, -0.2) is 0 Å². The first kappa shape index (κ1) is 13.4. The van der Waals surface area contributed by atoms with Crippen molar-refractivity contribution in [3.63, 3.8) is 0 Å². The number of thioether (sulfide) groups is 1. The molecule has 0 atom stereocenters. The summed E-state index contributed by atoms with van der Waals surface area (Å²) in [4.78, 5) is 0. The summed E-state index contributed by atoms with van der Waals surface area (Å²) >= 11 is 1.99. The quantitative estimate of drug-likeness (QED) is 0.686. The first-order valence-electron chi connectivity index (χ1n) is 5.91. The lowest BCUT2D eigenvalue weighted by atomic mass is 10.1. The molecule has 0 radical (unpaired) electrons. The lowest BCUT2D eigenvalue weighted by molar-refractivity contribution is 0.318. The summed E-state index contributed by atoms with van der Waals surface area (Å²) in [7, 11) is 0. The predicted molar refractivity (Wildman–Crippen MR) is 73.6 cm³/mol. The SMILES string of the molecule is Cc1ccc(OCCCSC(C)C)cc1C. The second-order valence-corrected chi connectivity index (χ2v) is 6.05. The zero-order valence-corrected chi connectivity index (χ0v) is 11.6. The highest BCUT2D eigenvalue weighted by atomic mass is 32.2. The molecule has 0 saturated carbocycles. The van der Waals surface area contributed by atoms with Crippen LogP contribution in [0.3, 0.4) is 0 Å². The zero-order valence-electron chi connectivity index (χ0n) is 10.7. The number of hydrogen-bond donors (Lipinski definition) is 0. The van der Waals surface area contributed by atoms with Gasteiger partial charge in [0.05, 0.1) is 6.61 Å². The Hall–Kier alpha value is -0.630. The van der Waals surface area contributed by atoms with Gasteiger partial charge in [-0.1, -0.05) is 19.9 Å². The summed E-state index contributed by atoms with van der Waals surface area (Å²) in [6.07, 6.45) is 1.12. The largest absolute Gasteiger partial charge is 0.494 e. The minimum Gasteiger partial charge on any atom is -0.494 e. The van der Waals surface area contributed by atoms with Crippen LogP contribution in [-0.2, 0) is 0 Å². The van der Waals surface area contributed by atoms with Gasteiger partial charge >= 0.3 is 0 Å². The van der Waals surface area contributed by atoms with Crippen molar-refractivity contribution in [2.45, 2.75) is 39.4 Å². The second-order valence-electron chi connectivity index (χ2n) is 4.37. The number of hydrogen-bond acceptors (Lipinski definition) is 2. The fraction of sp³-hybridized carbons (Fsp3) is 0.571. The minimum atomic E-state index is 0.724. The summed E-state index contributed by atoms with van der Waals surface area (Å²) in [5, 5.41) is 0.724. The lowest BCUT2D eigenvalue weighted by Gasteiger charge is -2.09. The Morgan fingerprint density at radius 1 is 1.19 bits per heavy atom. The van der Waals surface area contributed by atoms with Gasteiger partial charge in [0, 0.05) is 0 Å². The third kappa shape index (κ3) is 4.93. The van der Waals surface area contributed by atoms with Crippen molar-refractivity contribution in [2.75, 3.05) is 12.4 Å². The molecule has 0 bridgehead atoms. The maximum absolute atomic E-state index is 5.71. The number of benzene rings is 1. The molecule has 0 amide bonds. The van der Waals surface area contributed by atoms with Crippen molar-refractivity contribution in [1.29, 1.82) is 0 Å². The Kier molecular flexibility index (Phi) is 5.75. The molecule has 1 nitrogen and oxygen atoms in total. The molecule has 0 heterocycles. The van der Waals surface area contributed by atoms with E-state index in [1.54, 1.807) is 0 Å². The fourth-order valence-electron chi connectivity index (χ4n) is 1.37. The van der Waals surface area contributed by atoms with Gasteiger partial charge in [-0.15, -0.1) is 0 Å². The monoisotopic (exact) mass is 238 g/mol. The summed E-state index contributed by atoms with van der Waals surface area (Å²) < 4.78 is 5.71. The average molecular weight is 238 g/mol. The molecular weight excluding hydrogens is 216 g/mol. The van der Waals surface area contributed by atoms with E-state index in [0.717, 1.165) is 24.0 Å². The van der Waals surface area contributed by atoms with Crippen LogP contribution < -0.4 is 4.74 Å². The highest BCUT2D eigenvalue weighted by Crippen LogP contribution is 2.17. The van der Waals surface area contributed by atoms with Crippen molar-refractivity contribution in [3.05, 3.63) is 29.3 Å². The first-order chi connectivity index (χ1) is 7.59. The molecule has 0 unspecified atom stereocenters. The molecule has 0 spiro atoms. The highest BCUT2D eigenvalue weighted by molar-refractivity contribution is 7.99. The summed E-state index contributed by atoms with van der Waals surface area (Å²) in [5.41, 5.74) is 2.62. The zero-order chi connectivity index (χ0) is 12.0. The van der Waals surface area contributed by atoms with Gasteiger partial charge in [0.15, 0.2) is 0 Å². The van der Waals surface area contributed by atoms with Crippen molar-refractivity contribution < 1.29 is 4.74 Å². The van der Waals surface area contributed by atoms with Crippen LogP contribution in [0.5, 0.6) is 5.75 Å². The van der Waals surface area contributed by atoms with E-state index >= 15 is 0 Å². The molecular formula is C14H22OS.